The maximum atomic E-state index is 13.7. The molecule has 0 saturated carbocycles. The number of β-amino-alcohol motifs (C(OH)–C–C–N with tert-alkyl or cyclic N) is 1. The number of carbonyl (C=O) groups excluding carboxylic acids is 1. The van der Waals surface area contributed by atoms with Gasteiger partial charge in [-0.05, 0) is 106 Å². The highest BCUT2D eigenvalue weighted by Gasteiger charge is 2.28. The van der Waals surface area contributed by atoms with E-state index in [1.807, 2.05) is 18.5 Å². The second-order valence-electron chi connectivity index (χ2n) is 11.1. The Balaban J connectivity index is 1.39. The van der Waals surface area contributed by atoms with Gasteiger partial charge >= 0.3 is 0 Å². The molecule has 196 valence electrons. The first-order valence-electron chi connectivity index (χ1n) is 13.9. The monoisotopic (exact) mass is 500 g/mol. The van der Waals surface area contributed by atoms with Crippen LogP contribution < -0.4 is 0 Å². The van der Waals surface area contributed by atoms with Crippen molar-refractivity contribution in [2.75, 3.05) is 26.2 Å². The minimum atomic E-state index is -0.00499. The fourth-order valence-corrected chi connectivity index (χ4v) is 6.08. The second-order valence-corrected chi connectivity index (χ2v) is 11.1. The number of aliphatic imine (C=N–C) groups is 2. The molecule has 0 aromatic heterocycles. The summed E-state index contributed by atoms with van der Waals surface area (Å²) in [5, 5.41) is 9.23. The minimum Gasteiger partial charge on any atom is -0.395 e. The van der Waals surface area contributed by atoms with E-state index in [2.05, 4.69) is 43.9 Å². The second kappa shape index (κ2) is 11.3. The van der Waals surface area contributed by atoms with Gasteiger partial charge < -0.3 is 10.0 Å². The number of hydrogen-bond donors (Lipinski definition) is 1. The van der Waals surface area contributed by atoms with Crippen molar-refractivity contribution < 1.29 is 9.90 Å². The van der Waals surface area contributed by atoms with Gasteiger partial charge in [0.2, 0.25) is 0 Å². The first kappa shape index (κ1) is 25.8. The molecule has 6 heteroatoms. The molecule has 0 spiro atoms. The average molecular weight is 501 g/mol. The van der Waals surface area contributed by atoms with Crippen molar-refractivity contribution in [2.45, 2.75) is 65.7 Å². The first-order valence-corrected chi connectivity index (χ1v) is 13.9. The fourth-order valence-electron chi connectivity index (χ4n) is 6.08. The van der Waals surface area contributed by atoms with Crippen LogP contribution in [0.15, 0.2) is 79.9 Å². The van der Waals surface area contributed by atoms with E-state index in [0.29, 0.717) is 5.92 Å². The number of likely N-dealkylation sites (tertiary alicyclic amines) is 1. The molecular formula is C31H40N4O2. The van der Waals surface area contributed by atoms with Gasteiger partial charge in [0.25, 0.3) is 5.91 Å². The SMILES string of the molecule is CC1=CC(/C2=C/C(=O)N3C=C(C4CCN(CCO)CC4)N=CC3=CCC2C)=CCCC2=C1N=C(C)CC2. The number of allylic oxidation sites excluding steroid dienone is 9. The zero-order valence-electron chi connectivity index (χ0n) is 22.5. The van der Waals surface area contributed by atoms with Crippen LogP contribution in [0.1, 0.15) is 65.7 Å². The van der Waals surface area contributed by atoms with Crippen LogP contribution >= 0.6 is 0 Å². The molecule has 1 amide bonds. The van der Waals surface area contributed by atoms with Crippen LogP contribution in [0.4, 0.5) is 0 Å². The summed E-state index contributed by atoms with van der Waals surface area (Å²) in [4.78, 5) is 27.4. The van der Waals surface area contributed by atoms with E-state index in [0.717, 1.165) is 92.8 Å². The van der Waals surface area contributed by atoms with Gasteiger partial charge in [0, 0.05) is 30.5 Å². The van der Waals surface area contributed by atoms with Gasteiger partial charge in [0.05, 0.1) is 29.9 Å². The van der Waals surface area contributed by atoms with E-state index in [1.54, 1.807) is 4.90 Å². The van der Waals surface area contributed by atoms with Gasteiger partial charge in [-0.3, -0.25) is 19.7 Å². The molecule has 5 aliphatic rings. The predicted molar refractivity (Wildman–Crippen MR) is 150 cm³/mol. The highest BCUT2D eigenvalue weighted by atomic mass is 16.3. The van der Waals surface area contributed by atoms with Gasteiger partial charge in [-0.15, -0.1) is 0 Å². The molecule has 0 aromatic carbocycles. The molecule has 6 nitrogen and oxygen atoms in total. The number of aliphatic hydroxyl groups is 1. The molecule has 1 aliphatic carbocycles. The lowest BCUT2D eigenvalue weighted by Crippen LogP contribution is -2.37. The summed E-state index contributed by atoms with van der Waals surface area (Å²) in [5.41, 5.74) is 9.15. The number of piperidine rings is 1. The Morgan fingerprint density at radius 2 is 1.89 bits per heavy atom. The zero-order valence-corrected chi connectivity index (χ0v) is 22.5. The number of hydrogen-bond acceptors (Lipinski definition) is 5. The van der Waals surface area contributed by atoms with Crippen LogP contribution in [0.2, 0.25) is 0 Å². The molecular weight excluding hydrogens is 460 g/mol. The lowest BCUT2D eigenvalue weighted by atomic mass is 9.85. The molecule has 1 fully saturated rings. The Labute approximate surface area is 221 Å². The molecule has 4 aliphatic heterocycles. The van der Waals surface area contributed by atoms with Gasteiger partial charge in [0.1, 0.15) is 0 Å². The van der Waals surface area contributed by atoms with Gasteiger partial charge in [-0.25, -0.2) is 0 Å². The molecule has 5 rings (SSSR count). The molecule has 0 bridgehead atoms. The highest BCUT2D eigenvalue weighted by molar-refractivity contribution is 5.97. The third-order valence-corrected chi connectivity index (χ3v) is 8.35. The lowest BCUT2D eigenvalue weighted by molar-refractivity contribution is -0.122. The first-order chi connectivity index (χ1) is 17.9. The van der Waals surface area contributed by atoms with Crippen LogP contribution in [-0.4, -0.2) is 59.0 Å². The molecule has 0 aromatic rings. The van der Waals surface area contributed by atoms with Crippen molar-refractivity contribution in [1.29, 1.82) is 0 Å². The maximum absolute atomic E-state index is 13.7. The van der Waals surface area contributed by atoms with Crippen molar-refractivity contribution in [1.82, 2.24) is 9.80 Å². The van der Waals surface area contributed by atoms with Gasteiger partial charge in [-0.2, -0.15) is 0 Å². The van der Waals surface area contributed by atoms with E-state index in [-0.39, 0.29) is 18.4 Å². The molecule has 1 N–H and O–H groups in total. The van der Waals surface area contributed by atoms with Crippen LogP contribution in [0.5, 0.6) is 0 Å². The van der Waals surface area contributed by atoms with Crippen LogP contribution in [0.3, 0.4) is 0 Å². The molecule has 37 heavy (non-hydrogen) atoms. The summed E-state index contributed by atoms with van der Waals surface area (Å²) in [6.07, 6.45) is 19.4. The maximum Gasteiger partial charge on any atom is 0.255 e. The van der Waals surface area contributed by atoms with Crippen LogP contribution in [-0.2, 0) is 4.79 Å². The number of nitrogens with zero attached hydrogens (tertiary/aromatic N) is 4. The fraction of sp³-hybridized carbons (Fsp3) is 0.516. The highest BCUT2D eigenvalue weighted by Crippen LogP contribution is 2.36. The Hall–Kier alpha value is -2.83. The molecule has 1 atom stereocenters. The van der Waals surface area contributed by atoms with Crippen molar-refractivity contribution in [2.24, 2.45) is 21.8 Å². The van der Waals surface area contributed by atoms with Crippen molar-refractivity contribution >= 4 is 17.8 Å². The number of rotatable bonds is 4. The third-order valence-electron chi connectivity index (χ3n) is 8.35. The summed E-state index contributed by atoms with van der Waals surface area (Å²) in [5.74, 6) is 0.567. The van der Waals surface area contributed by atoms with E-state index in [1.165, 1.54) is 16.9 Å². The summed E-state index contributed by atoms with van der Waals surface area (Å²) >= 11 is 0. The summed E-state index contributed by atoms with van der Waals surface area (Å²) in [6, 6.07) is 0. The quantitative estimate of drug-likeness (QED) is 0.557. The Kier molecular flexibility index (Phi) is 7.87. The molecule has 1 unspecified atom stereocenters. The number of fused-ring (bicyclic) bond motifs is 1. The molecule has 1 saturated heterocycles. The average Bonchev–Trinajstić information content (AvgIpc) is 2.89. The third kappa shape index (κ3) is 5.70. The van der Waals surface area contributed by atoms with Crippen molar-refractivity contribution in [3.63, 3.8) is 0 Å². The molecule has 0 radical (unpaired) electrons. The van der Waals surface area contributed by atoms with Crippen molar-refractivity contribution in [3.05, 3.63) is 69.9 Å². The Morgan fingerprint density at radius 1 is 1.08 bits per heavy atom. The van der Waals surface area contributed by atoms with E-state index >= 15 is 0 Å². The number of aliphatic hydroxyl groups excluding tert-OH is 1. The normalized spacial score (nSPS) is 27.3. The van der Waals surface area contributed by atoms with Gasteiger partial charge in [-0.1, -0.05) is 19.1 Å². The van der Waals surface area contributed by atoms with E-state index in [9.17, 15) is 9.90 Å². The summed E-state index contributed by atoms with van der Waals surface area (Å²) in [7, 11) is 0. The number of carbonyl (C=O) groups is 1. The Morgan fingerprint density at radius 3 is 2.68 bits per heavy atom. The van der Waals surface area contributed by atoms with Crippen LogP contribution in [0.25, 0.3) is 0 Å². The van der Waals surface area contributed by atoms with Crippen LogP contribution in [0, 0.1) is 11.8 Å². The van der Waals surface area contributed by atoms with E-state index in [4.69, 9.17) is 9.98 Å². The van der Waals surface area contributed by atoms with Crippen molar-refractivity contribution in [3.8, 4) is 0 Å². The smallest absolute Gasteiger partial charge is 0.255 e. The number of amides is 1. The summed E-state index contributed by atoms with van der Waals surface area (Å²) in [6.45, 7) is 9.33. The van der Waals surface area contributed by atoms with Gasteiger partial charge in [0.15, 0.2) is 0 Å². The molecule has 4 heterocycles. The standard InChI is InChI=1S/C31H40N4O2/c1-21-7-10-27-19-32-29(24-11-13-34(14-12-24)15-16-36)20-35(27)30(37)18-28(21)26-6-4-5-25-9-8-23(3)33-31(25)22(2)17-26/h6,10,17-21,24,36H,4-5,7-9,11-16H2,1-3H3/b22-17?,26-6?,27-10?,28-18+. The Bertz CT molecular complexity index is 1190. The zero-order chi connectivity index (χ0) is 25.9. The predicted octanol–water partition coefficient (Wildman–Crippen LogP) is 5.47. The van der Waals surface area contributed by atoms with E-state index < -0.39 is 0 Å². The topological polar surface area (TPSA) is 68.5 Å². The summed E-state index contributed by atoms with van der Waals surface area (Å²) < 4.78 is 0. The lowest BCUT2D eigenvalue weighted by Gasteiger charge is -2.34. The minimum absolute atomic E-state index is 0.00499. The largest absolute Gasteiger partial charge is 0.395 e.